The molecule has 2 aromatic rings. The molecule has 1 fully saturated rings. The summed E-state index contributed by atoms with van der Waals surface area (Å²) in [5.74, 6) is 0.695. The van der Waals surface area contributed by atoms with E-state index in [9.17, 15) is 13.2 Å². The van der Waals surface area contributed by atoms with Crippen molar-refractivity contribution in [2.45, 2.75) is 37.7 Å². The third kappa shape index (κ3) is 3.45. The second kappa shape index (κ2) is 6.83. The third-order valence-corrected chi connectivity index (χ3v) is 5.36. The van der Waals surface area contributed by atoms with Gasteiger partial charge in [-0.2, -0.15) is 13.2 Å². The van der Waals surface area contributed by atoms with Gasteiger partial charge in [0.05, 0.1) is 29.2 Å². The van der Waals surface area contributed by atoms with Crippen LogP contribution in [0.15, 0.2) is 18.2 Å². The van der Waals surface area contributed by atoms with E-state index in [2.05, 4.69) is 22.2 Å². The van der Waals surface area contributed by atoms with Crippen molar-refractivity contribution in [1.82, 2.24) is 19.8 Å². The van der Waals surface area contributed by atoms with Gasteiger partial charge < -0.3 is 19.5 Å². The van der Waals surface area contributed by atoms with E-state index in [-0.39, 0.29) is 6.04 Å². The molecular formula is C18H23F3N4O. The van der Waals surface area contributed by atoms with Gasteiger partial charge in [0.15, 0.2) is 0 Å². The van der Waals surface area contributed by atoms with Crippen LogP contribution in [0.2, 0.25) is 0 Å². The minimum Gasteiger partial charge on any atom is -0.371 e. The fourth-order valence-electron chi connectivity index (χ4n) is 3.86. The smallest absolute Gasteiger partial charge is 0.371 e. The van der Waals surface area contributed by atoms with Gasteiger partial charge in [0, 0.05) is 12.6 Å². The van der Waals surface area contributed by atoms with Crippen LogP contribution < -0.4 is 5.32 Å². The van der Waals surface area contributed by atoms with Crippen LogP contribution in [0, 0.1) is 0 Å². The third-order valence-electron chi connectivity index (χ3n) is 5.36. The van der Waals surface area contributed by atoms with Crippen LogP contribution in [-0.2, 0) is 17.5 Å². The van der Waals surface area contributed by atoms with Crippen molar-refractivity contribution in [2.75, 3.05) is 33.3 Å². The molecule has 1 unspecified atom stereocenters. The Morgan fingerprint density at radius 2 is 2.04 bits per heavy atom. The maximum Gasteiger partial charge on any atom is 0.416 e. The number of nitrogens with zero attached hydrogens (tertiary/aromatic N) is 3. The van der Waals surface area contributed by atoms with E-state index >= 15 is 0 Å². The number of imidazole rings is 1. The largest absolute Gasteiger partial charge is 0.416 e. The van der Waals surface area contributed by atoms with E-state index in [1.165, 1.54) is 6.07 Å². The zero-order chi connectivity index (χ0) is 18.3. The van der Waals surface area contributed by atoms with Gasteiger partial charge in [0.2, 0.25) is 0 Å². The van der Waals surface area contributed by atoms with E-state index in [4.69, 9.17) is 4.74 Å². The standard InChI is InChI=1S/C18H23F3N4O/c1-24-6-4-13(5-7-24)22-9-14-10-26-11-17-23-15-8-12(18(19,20)21)2-3-16(15)25(14)17/h2-3,8,13-14,22H,4-7,9-11H2,1H3. The molecule has 0 bridgehead atoms. The highest BCUT2D eigenvalue weighted by Gasteiger charge is 2.32. The predicted octanol–water partition coefficient (Wildman–Crippen LogP) is 2.81. The second-order valence-electron chi connectivity index (χ2n) is 7.25. The van der Waals surface area contributed by atoms with Gasteiger partial charge in [0.1, 0.15) is 12.4 Å². The molecule has 0 amide bonds. The summed E-state index contributed by atoms with van der Waals surface area (Å²) in [5.41, 5.74) is 0.457. The summed E-state index contributed by atoms with van der Waals surface area (Å²) in [6.45, 7) is 3.77. The molecule has 4 rings (SSSR count). The van der Waals surface area contributed by atoms with Crippen LogP contribution in [0.25, 0.3) is 11.0 Å². The SMILES string of the molecule is CN1CCC(NCC2COCc3nc4cc(C(F)(F)F)ccc4n32)CC1. The van der Waals surface area contributed by atoms with Gasteiger partial charge >= 0.3 is 6.18 Å². The lowest BCUT2D eigenvalue weighted by Gasteiger charge is -2.32. The molecule has 1 saturated heterocycles. The Morgan fingerprint density at radius 3 is 2.77 bits per heavy atom. The lowest BCUT2D eigenvalue weighted by molar-refractivity contribution is -0.137. The van der Waals surface area contributed by atoms with Crippen molar-refractivity contribution in [1.29, 1.82) is 0 Å². The number of alkyl halides is 3. The number of hydrogen-bond donors (Lipinski definition) is 1. The van der Waals surface area contributed by atoms with Crippen LogP contribution in [0.3, 0.4) is 0 Å². The summed E-state index contributed by atoms with van der Waals surface area (Å²) < 4.78 is 46.6. The highest BCUT2D eigenvalue weighted by molar-refractivity contribution is 5.77. The number of ether oxygens (including phenoxy) is 1. The lowest BCUT2D eigenvalue weighted by atomic mass is 10.1. The van der Waals surface area contributed by atoms with Gasteiger partial charge in [-0.05, 0) is 51.2 Å². The molecule has 1 N–H and O–H groups in total. The summed E-state index contributed by atoms with van der Waals surface area (Å²) in [6, 6.07) is 4.31. The molecule has 3 heterocycles. The Labute approximate surface area is 150 Å². The van der Waals surface area contributed by atoms with Crippen molar-refractivity contribution in [3.63, 3.8) is 0 Å². The fourth-order valence-corrected chi connectivity index (χ4v) is 3.86. The highest BCUT2D eigenvalue weighted by Crippen LogP contribution is 2.33. The van der Waals surface area contributed by atoms with E-state index in [0.29, 0.717) is 30.6 Å². The molecule has 5 nitrogen and oxygen atoms in total. The first-order valence-corrected chi connectivity index (χ1v) is 8.99. The number of nitrogens with one attached hydrogen (secondary N) is 1. The molecule has 2 aliphatic rings. The van der Waals surface area contributed by atoms with Crippen molar-refractivity contribution < 1.29 is 17.9 Å². The molecular weight excluding hydrogens is 345 g/mol. The quantitative estimate of drug-likeness (QED) is 0.905. The first-order chi connectivity index (χ1) is 12.4. The normalized spacial score (nSPS) is 22.7. The van der Waals surface area contributed by atoms with Gasteiger partial charge in [-0.15, -0.1) is 0 Å². The van der Waals surface area contributed by atoms with Crippen molar-refractivity contribution in [3.05, 3.63) is 29.6 Å². The first kappa shape index (κ1) is 17.8. The highest BCUT2D eigenvalue weighted by atomic mass is 19.4. The van der Waals surface area contributed by atoms with Gasteiger partial charge in [-0.25, -0.2) is 4.98 Å². The number of rotatable bonds is 3. The minimum absolute atomic E-state index is 0.0418. The van der Waals surface area contributed by atoms with Crippen LogP contribution >= 0.6 is 0 Å². The zero-order valence-electron chi connectivity index (χ0n) is 14.7. The summed E-state index contributed by atoms with van der Waals surface area (Å²) in [7, 11) is 2.13. The van der Waals surface area contributed by atoms with Gasteiger partial charge in [0.25, 0.3) is 0 Å². The minimum atomic E-state index is -4.36. The monoisotopic (exact) mass is 368 g/mol. The molecule has 142 valence electrons. The summed E-state index contributed by atoms with van der Waals surface area (Å²) in [6.07, 6.45) is -2.14. The maximum absolute atomic E-state index is 13.0. The summed E-state index contributed by atoms with van der Waals surface area (Å²) in [5, 5.41) is 3.61. The number of fused-ring (bicyclic) bond motifs is 3. The lowest BCUT2D eigenvalue weighted by Crippen LogP contribution is -2.44. The molecule has 26 heavy (non-hydrogen) atoms. The average Bonchev–Trinajstić information content (AvgIpc) is 2.99. The fraction of sp³-hybridized carbons (Fsp3) is 0.611. The van der Waals surface area contributed by atoms with Crippen LogP contribution in [0.4, 0.5) is 13.2 Å². The number of hydrogen-bond acceptors (Lipinski definition) is 4. The number of aromatic nitrogens is 2. The zero-order valence-corrected chi connectivity index (χ0v) is 14.7. The van der Waals surface area contributed by atoms with E-state index in [0.717, 1.165) is 50.1 Å². The molecule has 2 aliphatic heterocycles. The van der Waals surface area contributed by atoms with E-state index in [1.807, 2.05) is 4.57 Å². The van der Waals surface area contributed by atoms with Gasteiger partial charge in [-0.3, -0.25) is 0 Å². The predicted molar refractivity (Wildman–Crippen MR) is 91.9 cm³/mol. The number of piperidine rings is 1. The Balaban J connectivity index is 1.55. The van der Waals surface area contributed by atoms with E-state index in [1.54, 1.807) is 0 Å². The van der Waals surface area contributed by atoms with Crippen LogP contribution in [0.1, 0.15) is 30.3 Å². The average molecular weight is 368 g/mol. The molecule has 1 aromatic heterocycles. The topological polar surface area (TPSA) is 42.3 Å². The molecule has 0 saturated carbocycles. The van der Waals surface area contributed by atoms with Crippen molar-refractivity contribution >= 4 is 11.0 Å². The van der Waals surface area contributed by atoms with Crippen molar-refractivity contribution in [3.8, 4) is 0 Å². The van der Waals surface area contributed by atoms with Crippen molar-refractivity contribution in [2.24, 2.45) is 0 Å². The second-order valence-corrected chi connectivity index (χ2v) is 7.25. The molecule has 8 heteroatoms. The molecule has 1 aromatic carbocycles. The molecule has 0 radical (unpaired) electrons. The Bertz CT molecular complexity index is 781. The molecule has 0 aliphatic carbocycles. The number of halogens is 3. The molecule has 0 spiro atoms. The van der Waals surface area contributed by atoms with Crippen LogP contribution in [-0.4, -0.2) is 53.8 Å². The molecule has 1 atom stereocenters. The Morgan fingerprint density at radius 1 is 1.27 bits per heavy atom. The number of likely N-dealkylation sites (tertiary alicyclic amines) is 1. The van der Waals surface area contributed by atoms with Gasteiger partial charge in [-0.1, -0.05) is 0 Å². The number of benzene rings is 1. The Hall–Kier alpha value is -1.64. The van der Waals surface area contributed by atoms with Crippen LogP contribution in [0.5, 0.6) is 0 Å². The van der Waals surface area contributed by atoms with E-state index < -0.39 is 11.7 Å². The first-order valence-electron chi connectivity index (χ1n) is 8.99. The Kier molecular flexibility index (Phi) is 4.66. The maximum atomic E-state index is 13.0. The summed E-state index contributed by atoms with van der Waals surface area (Å²) >= 11 is 0. The summed E-state index contributed by atoms with van der Waals surface area (Å²) in [4.78, 5) is 6.71.